The lowest BCUT2D eigenvalue weighted by Crippen LogP contribution is -2.37. The minimum absolute atomic E-state index is 0.0957. The zero-order valence-corrected chi connectivity index (χ0v) is 27.8. The van der Waals surface area contributed by atoms with Gasteiger partial charge in [0.25, 0.3) is 0 Å². The van der Waals surface area contributed by atoms with Gasteiger partial charge in [0.15, 0.2) is 18.4 Å². The van der Waals surface area contributed by atoms with Crippen molar-refractivity contribution in [2.24, 2.45) is 0 Å². The summed E-state index contributed by atoms with van der Waals surface area (Å²) >= 11 is 0. The Hall–Kier alpha value is -4.83. The number of fused-ring (bicyclic) bond motifs is 3. The second-order valence-corrected chi connectivity index (χ2v) is 11.9. The predicted octanol–water partition coefficient (Wildman–Crippen LogP) is 7.33. The highest BCUT2D eigenvalue weighted by Crippen LogP contribution is 2.32. The third kappa shape index (κ3) is 10.8. The van der Waals surface area contributed by atoms with Gasteiger partial charge in [0.1, 0.15) is 12.2 Å². The molecule has 0 unspecified atom stereocenters. The van der Waals surface area contributed by atoms with Crippen molar-refractivity contribution in [2.45, 2.75) is 52.1 Å². The van der Waals surface area contributed by atoms with Crippen LogP contribution in [0.3, 0.4) is 0 Å². The largest absolute Gasteiger partial charge is 0.573 e. The van der Waals surface area contributed by atoms with Crippen molar-refractivity contribution in [1.29, 1.82) is 0 Å². The Balaban J connectivity index is 1.32. The Labute approximate surface area is 284 Å². The number of alkyl halides is 3. The molecule has 270 valence electrons. The third-order valence-electron chi connectivity index (χ3n) is 6.84. The average Bonchev–Trinajstić information content (AvgIpc) is 3.04. The number of ether oxygens (including phenoxy) is 6. The molecule has 16 heteroatoms. The van der Waals surface area contributed by atoms with Gasteiger partial charge in [-0.25, -0.2) is 23.4 Å². The van der Waals surface area contributed by atoms with Crippen molar-refractivity contribution in [3.63, 3.8) is 0 Å². The second kappa shape index (κ2) is 16.7. The number of amides is 1. The Morgan fingerprint density at radius 2 is 1.64 bits per heavy atom. The number of carbonyl (C=O) groups is 2. The molecule has 2 aromatic carbocycles. The topological polar surface area (TPSA) is 119 Å². The monoisotopic (exact) mass is 709 g/mol. The summed E-state index contributed by atoms with van der Waals surface area (Å²) in [7, 11) is 1.41. The van der Waals surface area contributed by atoms with Crippen LogP contribution in [0.5, 0.6) is 11.6 Å². The summed E-state index contributed by atoms with van der Waals surface area (Å²) in [5.74, 6) is -4.95. The van der Waals surface area contributed by atoms with E-state index < -0.39 is 41.4 Å². The van der Waals surface area contributed by atoms with E-state index in [0.29, 0.717) is 41.8 Å². The summed E-state index contributed by atoms with van der Waals surface area (Å²) < 4.78 is 96.5. The highest BCUT2D eigenvalue weighted by atomic mass is 19.4. The Morgan fingerprint density at radius 3 is 2.32 bits per heavy atom. The lowest BCUT2D eigenvalue weighted by Gasteiger charge is -2.27. The van der Waals surface area contributed by atoms with E-state index in [4.69, 9.17) is 23.7 Å². The van der Waals surface area contributed by atoms with E-state index in [1.807, 2.05) is 0 Å². The molecular weight excluding hydrogens is 673 g/mol. The fourth-order valence-electron chi connectivity index (χ4n) is 4.75. The number of halogens is 5. The third-order valence-corrected chi connectivity index (χ3v) is 6.84. The van der Waals surface area contributed by atoms with Crippen LogP contribution in [0.15, 0.2) is 48.8 Å². The van der Waals surface area contributed by atoms with Crippen molar-refractivity contribution in [3.05, 3.63) is 71.6 Å². The molecule has 11 nitrogen and oxygen atoms in total. The SMILES string of the molecule is COCOC(=O)c1ccc2c(c1)nc(OCCOCCCCN(Cc1cc(F)c(OC(F)(F)F)c(F)c1)C(=O)OC(C)(C)C)c1ccncc12. The second-order valence-electron chi connectivity index (χ2n) is 11.9. The average molecular weight is 710 g/mol. The molecule has 2 aromatic heterocycles. The van der Waals surface area contributed by atoms with E-state index in [-0.39, 0.29) is 50.8 Å². The number of pyridine rings is 2. The maximum absolute atomic E-state index is 14.3. The molecular formula is C34H36F5N3O8. The van der Waals surface area contributed by atoms with Crippen LogP contribution in [-0.2, 0) is 25.5 Å². The smallest absolute Gasteiger partial charge is 0.475 e. The number of esters is 1. The lowest BCUT2D eigenvalue weighted by molar-refractivity contribution is -0.276. The first-order chi connectivity index (χ1) is 23.6. The molecule has 0 bridgehead atoms. The first kappa shape index (κ1) is 38.0. The molecule has 0 aliphatic rings. The summed E-state index contributed by atoms with van der Waals surface area (Å²) in [6.45, 7) is 5.12. The van der Waals surface area contributed by atoms with Gasteiger partial charge in [0.05, 0.1) is 17.7 Å². The van der Waals surface area contributed by atoms with Gasteiger partial charge in [-0.2, -0.15) is 0 Å². The Kier molecular flexibility index (Phi) is 12.7. The molecule has 0 fully saturated rings. The van der Waals surface area contributed by atoms with Gasteiger partial charge in [-0.15, -0.1) is 13.2 Å². The first-order valence-corrected chi connectivity index (χ1v) is 15.4. The van der Waals surface area contributed by atoms with Gasteiger partial charge in [-0.3, -0.25) is 4.98 Å². The number of rotatable bonds is 15. The van der Waals surface area contributed by atoms with Gasteiger partial charge in [-0.05, 0) is 69.5 Å². The number of benzene rings is 2. The molecule has 0 aliphatic carbocycles. The molecule has 0 atom stereocenters. The summed E-state index contributed by atoms with van der Waals surface area (Å²) in [5, 5.41) is 2.26. The Bertz CT molecular complexity index is 1780. The van der Waals surface area contributed by atoms with Crippen molar-refractivity contribution >= 4 is 33.7 Å². The van der Waals surface area contributed by atoms with Crippen molar-refractivity contribution < 1.29 is 60.0 Å². The summed E-state index contributed by atoms with van der Waals surface area (Å²) in [5.41, 5.74) is -0.183. The van der Waals surface area contributed by atoms with Crippen molar-refractivity contribution in [3.8, 4) is 11.6 Å². The van der Waals surface area contributed by atoms with Crippen LogP contribution in [0, 0.1) is 11.6 Å². The molecule has 0 aliphatic heterocycles. The number of carbonyl (C=O) groups excluding carboxylic acids is 2. The number of unbranched alkanes of at least 4 members (excludes halogenated alkanes) is 1. The minimum Gasteiger partial charge on any atom is -0.475 e. The van der Waals surface area contributed by atoms with Crippen LogP contribution in [0.2, 0.25) is 0 Å². The van der Waals surface area contributed by atoms with Crippen LogP contribution < -0.4 is 9.47 Å². The molecule has 4 rings (SSSR count). The molecule has 2 heterocycles. The van der Waals surface area contributed by atoms with E-state index in [1.165, 1.54) is 12.0 Å². The number of hydrogen-bond acceptors (Lipinski definition) is 10. The van der Waals surface area contributed by atoms with Gasteiger partial charge in [0, 0.05) is 55.4 Å². The van der Waals surface area contributed by atoms with Gasteiger partial charge < -0.3 is 33.3 Å². The number of nitrogens with zero attached hydrogens (tertiary/aromatic N) is 3. The fourth-order valence-corrected chi connectivity index (χ4v) is 4.75. The minimum atomic E-state index is -5.28. The number of aromatic nitrogens is 2. The number of hydrogen-bond donors (Lipinski definition) is 0. The molecule has 0 N–H and O–H groups in total. The standard InChI is InChI=1S/C34H36F5N3O8/c1-33(2,3)50-32(44)42(19-21-15-26(35)29(27(36)16-21)49-34(37,38)39)11-5-6-12-46-13-14-47-30-24-9-10-40-18-25(24)23-8-7-22(17-28(23)41-30)31(43)48-20-45-4/h7-10,15-18H,5-6,11-14,19-20H2,1-4H3. The number of methoxy groups -OCH3 is 1. The molecule has 0 spiro atoms. The van der Waals surface area contributed by atoms with E-state index in [2.05, 4.69) is 14.7 Å². The zero-order chi connectivity index (χ0) is 36.5. The predicted molar refractivity (Wildman–Crippen MR) is 170 cm³/mol. The van der Waals surface area contributed by atoms with Gasteiger partial charge >= 0.3 is 18.4 Å². The van der Waals surface area contributed by atoms with Gasteiger partial charge in [0.2, 0.25) is 11.6 Å². The quantitative estimate of drug-likeness (QED) is 0.0408. The molecule has 4 aromatic rings. The van der Waals surface area contributed by atoms with Crippen molar-refractivity contribution in [2.75, 3.05) is 40.3 Å². The van der Waals surface area contributed by atoms with E-state index in [9.17, 15) is 31.5 Å². The highest BCUT2D eigenvalue weighted by molar-refractivity contribution is 6.08. The molecule has 0 saturated carbocycles. The fraction of sp³-hybridized carbons (Fsp3) is 0.412. The summed E-state index contributed by atoms with van der Waals surface area (Å²) in [6, 6.07) is 8.09. The van der Waals surface area contributed by atoms with E-state index in [0.717, 1.165) is 10.8 Å². The Morgan fingerprint density at radius 1 is 0.900 bits per heavy atom. The van der Waals surface area contributed by atoms with Crippen LogP contribution in [0.4, 0.5) is 26.7 Å². The molecule has 0 radical (unpaired) electrons. The highest BCUT2D eigenvalue weighted by Gasteiger charge is 2.34. The molecule has 0 saturated heterocycles. The van der Waals surface area contributed by atoms with E-state index >= 15 is 0 Å². The molecule has 1 amide bonds. The maximum atomic E-state index is 14.3. The summed E-state index contributed by atoms with van der Waals surface area (Å²) in [4.78, 5) is 35.2. The maximum Gasteiger partial charge on any atom is 0.573 e. The normalized spacial score (nSPS) is 11.9. The van der Waals surface area contributed by atoms with Crippen LogP contribution in [0.25, 0.3) is 21.7 Å². The van der Waals surface area contributed by atoms with Crippen LogP contribution in [0.1, 0.15) is 49.5 Å². The van der Waals surface area contributed by atoms with Gasteiger partial charge in [-0.1, -0.05) is 6.07 Å². The first-order valence-electron chi connectivity index (χ1n) is 15.4. The lowest BCUT2D eigenvalue weighted by atomic mass is 10.1. The summed E-state index contributed by atoms with van der Waals surface area (Å²) in [6.07, 6.45) is -1.89. The van der Waals surface area contributed by atoms with Crippen LogP contribution >= 0.6 is 0 Å². The molecule has 50 heavy (non-hydrogen) atoms. The zero-order valence-electron chi connectivity index (χ0n) is 27.8. The van der Waals surface area contributed by atoms with E-state index in [1.54, 1.807) is 57.4 Å². The van der Waals surface area contributed by atoms with Crippen LogP contribution in [-0.4, -0.2) is 79.2 Å². The van der Waals surface area contributed by atoms with Crippen molar-refractivity contribution in [1.82, 2.24) is 14.9 Å².